The summed E-state index contributed by atoms with van der Waals surface area (Å²) in [5.41, 5.74) is 2.14. The van der Waals surface area contributed by atoms with Gasteiger partial charge in [0.2, 0.25) is 0 Å². The maximum atomic E-state index is 13.7. The van der Waals surface area contributed by atoms with Gasteiger partial charge in [0.1, 0.15) is 11.5 Å². The van der Waals surface area contributed by atoms with Crippen LogP contribution in [-0.4, -0.2) is 34.8 Å². The van der Waals surface area contributed by atoms with Crippen molar-refractivity contribution in [3.05, 3.63) is 102 Å². The normalized spacial score (nSPS) is 10.3. The Morgan fingerprint density at radius 2 is 1.45 bits per heavy atom. The number of benzene rings is 3. The second-order valence-corrected chi connectivity index (χ2v) is 6.70. The molecule has 3 aromatic carbocycles. The lowest BCUT2D eigenvalue weighted by atomic mass is 10.0. The van der Waals surface area contributed by atoms with Crippen molar-refractivity contribution < 1.29 is 23.9 Å². The molecule has 0 aliphatic rings. The lowest BCUT2D eigenvalue weighted by Crippen LogP contribution is -2.29. The van der Waals surface area contributed by atoms with Crippen LogP contribution in [0.4, 0.5) is 10.1 Å². The number of nitrogens with one attached hydrogen (secondary N) is 1. The molecule has 3 aromatic rings. The van der Waals surface area contributed by atoms with Crippen LogP contribution in [-0.2, 0) is 4.79 Å². The van der Waals surface area contributed by atoms with Crippen molar-refractivity contribution in [2.75, 3.05) is 12.4 Å². The van der Waals surface area contributed by atoms with E-state index in [9.17, 15) is 18.8 Å². The highest BCUT2D eigenvalue weighted by Crippen LogP contribution is 2.23. The van der Waals surface area contributed by atoms with E-state index in [0.717, 1.165) is 16.0 Å². The van der Waals surface area contributed by atoms with Gasteiger partial charge in [0, 0.05) is 18.3 Å². The molecule has 0 radical (unpaired) electrons. The van der Waals surface area contributed by atoms with Gasteiger partial charge in [0.15, 0.2) is 0 Å². The van der Waals surface area contributed by atoms with Gasteiger partial charge in [-0.1, -0.05) is 43.0 Å². The molecule has 0 spiro atoms. The Hall–Kier alpha value is -4.26. The summed E-state index contributed by atoms with van der Waals surface area (Å²) in [4.78, 5) is 36.5. The first-order valence-corrected chi connectivity index (χ1v) is 9.24. The number of carbonyl (C=O) groups is 3. The van der Waals surface area contributed by atoms with Crippen LogP contribution in [0.15, 0.2) is 85.1 Å². The van der Waals surface area contributed by atoms with E-state index < -0.39 is 23.6 Å². The van der Waals surface area contributed by atoms with E-state index in [4.69, 9.17) is 5.11 Å². The Morgan fingerprint density at radius 3 is 2.00 bits per heavy atom. The molecule has 0 heterocycles. The molecule has 156 valence electrons. The standard InChI is InChI=1S/C24H19FN2O4/c1-15(24(30)31)27(2)23(29)18-9-7-16(8-10-18)17-11-13-19(14-12-17)26-22(28)20-5-3-4-6-21(20)25/h3-14H,1H2,2H3,(H,26,28)(H,30,31). The lowest BCUT2D eigenvalue weighted by Gasteiger charge is -2.16. The highest BCUT2D eigenvalue weighted by molar-refractivity contribution is 6.04. The number of hydrogen-bond donors (Lipinski definition) is 2. The van der Waals surface area contributed by atoms with Crippen molar-refractivity contribution >= 4 is 23.5 Å². The van der Waals surface area contributed by atoms with E-state index >= 15 is 0 Å². The van der Waals surface area contributed by atoms with E-state index in [1.807, 2.05) is 0 Å². The maximum absolute atomic E-state index is 13.7. The first-order valence-electron chi connectivity index (χ1n) is 9.24. The van der Waals surface area contributed by atoms with E-state index in [1.165, 1.54) is 25.2 Å². The van der Waals surface area contributed by atoms with Crippen molar-refractivity contribution in [2.45, 2.75) is 0 Å². The van der Waals surface area contributed by atoms with Crippen molar-refractivity contribution in [1.29, 1.82) is 0 Å². The number of carbonyl (C=O) groups excluding carboxylic acids is 2. The number of aliphatic carboxylic acids is 1. The molecule has 6 nitrogen and oxygen atoms in total. The van der Waals surface area contributed by atoms with Gasteiger partial charge >= 0.3 is 5.97 Å². The Kier molecular flexibility index (Phi) is 6.26. The molecular weight excluding hydrogens is 399 g/mol. The number of carboxylic acids is 1. The van der Waals surface area contributed by atoms with Gasteiger partial charge in [0.25, 0.3) is 11.8 Å². The Bertz CT molecular complexity index is 1150. The van der Waals surface area contributed by atoms with Crippen LogP contribution in [0, 0.1) is 5.82 Å². The third kappa shape index (κ3) is 4.84. The van der Waals surface area contributed by atoms with Crippen LogP contribution in [0.25, 0.3) is 11.1 Å². The molecule has 0 bridgehead atoms. The fourth-order valence-electron chi connectivity index (χ4n) is 2.85. The van der Waals surface area contributed by atoms with Crippen LogP contribution in [0.5, 0.6) is 0 Å². The smallest absolute Gasteiger partial charge is 0.351 e. The number of anilines is 1. The van der Waals surface area contributed by atoms with E-state index in [0.29, 0.717) is 11.3 Å². The molecule has 2 amide bonds. The molecule has 0 aromatic heterocycles. The minimum atomic E-state index is -1.27. The third-order valence-electron chi connectivity index (χ3n) is 4.68. The molecule has 0 fully saturated rings. The molecular formula is C24H19FN2O4. The van der Waals surface area contributed by atoms with Crippen molar-refractivity contribution in [3.63, 3.8) is 0 Å². The zero-order chi connectivity index (χ0) is 22.5. The van der Waals surface area contributed by atoms with Crippen LogP contribution in [0.2, 0.25) is 0 Å². The van der Waals surface area contributed by atoms with Gasteiger partial charge in [-0.05, 0) is 47.5 Å². The zero-order valence-corrected chi connectivity index (χ0v) is 16.6. The molecule has 31 heavy (non-hydrogen) atoms. The highest BCUT2D eigenvalue weighted by Gasteiger charge is 2.18. The number of likely N-dealkylation sites (N-methyl/N-ethyl adjacent to an activating group) is 1. The molecule has 0 aliphatic heterocycles. The minimum Gasteiger partial charge on any atom is -0.477 e. The van der Waals surface area contributed by atoms with Crippen molar-refractivity contribution in [2.24, 2.45) is 0 Å². The molecule has 0 saturated heterocycles. The number of carboxylic acid groups (broad SMARTS) is 1. The Labute approximate surface area is 178 Å². The van der Waals surface area contributed by atoms with E-state index in [2.05, 4.69) is 11.9 Å². The van der Waals surface area contributed by atoms with Gasteiger partial charge in [0.05, 0.1) is 5.56 Å². The molecule has 0 unspecified atom stereocenters. The summed E-state index contributed by atoms with van der Waals surface area (Å²) in [6, 6.07) is 19.3. The zero-order valence-electron chi connectivity index (χ0n) is 16.6. The Morgan fingerprint density at radius 1 is 0.903 bits per heavy atom. The minimum absolute atomic E-state index is 0.0395. The number of nitrogens with zero attached hydrogens (tertiary/aromatic N) is 1. The summed E-state index contributed by atoms with van der Waals surface area (Å²) in [7, 11) is 1.35. The van der Waals surface area contributed by atoms with Gasteiger partial charge in [-0.25, -0.2) is 9.18 Å². The number of halogens is 1. The molecule has 0 atom stereocenters. The van der Waals surface area contributed by atoms with Crippen LogP contribution >= 0.6 is 0 Å². The number of rotatable bonds is 6. The first-order chi connectivity index (χ1) is 14.8. The van der Waals surface area contributed by atoms with Gasteiger partial charge in [-0.2, -0.15) is 0 Å². The molecule has 7 heteroatoms. The summed E-state index contributed by atoms with van der Waals surface area (Å²) in [5, 5.41) is 11.6. The van der Waals surface area contributed by atoms with Gasteiger partial charge in [-0.15, -0.1) is 0 Å². The third-order valence-corrected chi connectivity index (χ3v) is 4.68. The monoisotopic (exact) mass is 418 g/mol. The SMILES string of the molecule is C=C(C(=O)O)N(C)C(=O)c1ccc(-c2ccc(NC(=O)c3ccccc3F)cc2)cc1. The van der Waals surface area contributed by atoms with E-state index in [-0.39, 0.29) is 11.3 Å². The average Bonchev–Trinajstić information content (AvgIpc) is 2.78. The summed E-state index contributed by atoms with van der Waals surface area (Å²) in [6.45, 7) is 3.37. The van der Waals surface area contributed by atoms with Crippen LogP contribution in [0.3, 0.4) is 0 Å². The predicted molar refractivity (Wildman–Crippen MR) is 115 cm³/mol. The van der Waals surface area contributed by atoms with Gasteiger partial charge in [-0.3, -0.25) is 9.59 Å². The largest absolute Gasteiger partial charge is 0.477 e. The molecule has 3 rings (SSSR count). The second kappa shape index (κ2) is 9.04. The molecule has 0 aliphatic carbocycles. The summed E-state index contributed by atoms with van der Waals surface area (Å²) < 4.78 is 13.7. The molecule has 0 saturated carbocycles. The van der Waals surface area contributed by atoms with Crippen molar-refractivity contribution in [1.82, 2.24) is 4.90 Å². The number of hydrogen-bond acceptors (Lipinski definition) is 3. The fraction of sp³-hybridized carbons (Fsp3) is 0.0417. The number of amides is 2. The van der Waals surface area contributed by atoms with Crippen molar-refractivity contribution in [3.8, 4) is 11.1 Å². The summed E-state index contributed by atoms with van der Waals surface area (Å²) in [6.07, 6.45) is 0. The van der Waals surface area contributed by atoms with Crippen LogP contribution < -0.4 is 5.32 Å². The first kappa shape index (κ1) is 21.4. The average molecular weight is 418 g/mol. The second-order valence-electron chi connectivity index (χ2n) is 6.70. The Balaban J connectivity index is 1.71. The highest BCUT2D eigenvalue weighted by atomic mass is 19.1. The summed E-state index contributed by atoms with van der Waals surface area (Å²) >= 11 is 0. The lowest BCUT2D eigenvalue weighted by molar-refractivity contribution is -0.134. The topological polar surface area (TPSA) is 86.7 Å². The predicted octanol–water partition coefficient (Wildman–Crippen LogP) is 4.42. The molecule has 2 N–H and O–H groups in total. The summed E-state index contributed by atoms with van der Waals surface area (Å²) in [5.74, 6) is -2.88. The van der Waals surface area contributed by atoms with E-state index in [1.54, 1.807) is 54.6 Å². The van der Waals surface area contributed by atoms with Crippen LogP contribution in [0.1, 0.15) is 20.7 Å². The van der Waals surface area contributed by atoms with Gasteiger partial charge < -0.3 is 15.3 Å². The fourth-order valence-corrected chi connectivity index (χ4v) is 2.85. The maximum Gasteiger partial charge on any atom is 0.351 e. The quantitative estimate of drug-likeness (QED) is 0.581.